The van der Waals surface area contributed by atoms with Crippen molar-refractivity contribution in [2.24, 2.45) is 4.99 Å². The summed E-state index contributed by atoms with van der Waals surface area (Å²) in [6.45, 7) is 1.75. The van der Waals surface area contributed by atoms with Gasteiger partial charge < -0.3 is 19.9 Å². The minimum absolute atomic E-state index is 0.233. The lowest BCUT2D eigenvalue weighted by molar-refractivity contribution is -0.139. The predicted octanol–water partition coefficient (Wildman–Crippen LogP) is 3.44. The van der Waals surface area contributed by atoms with Gasteiger partial charge >= 0.3 is 5.97 Å². The van der Waals surface area contributed by atoms with Crippen LogP contribution in [0.5, 0.6) is 11.5 Å². The van der Waals surface area contributed by atoms with Crippen molar-refractivity contribution in [2.45, 2.75) is 6.92 Å². The van der Waals surface area contributed by atoms with Crippen molar-refractivity contribution in [3.05, 3.63) is 59.0 Å². The summed E-state index contributed by atoms with van der Waals surface area (Å²) in [5.74, 6) is -0.553. The molecule has 0 bridgehead atoms. The van der Waals surface area contributed by atoms with E-state index < -0.39 is 12.6 Å². The van der Waals surface area contributed by atoms with Crippen molar-refractivity contribution in [3.63, 3.8) is 0 Å². The summed E-state index contributed by atoms with van der Waals surface area (Å²) in [6, 6.07) is 14.4. The van der Waals surface area contributed by atoms with E-state index in [1.807, 2.05) is 37.3 Å². The smallest absolute Gasteiger partial charge is 0.341 e. The second-order valence-electron chi connectivity index (χ2n) is 5.64. The van der Waals surface area contributed by atoms with E-state index in [0.29, 0.717) is 28.2 Å². The Bertz CT molecular complexity index is 941. The molecule has 0 aliphatic carbocycles. The van der Waals surface area contributed by atoms with Crippen LogP contribution in [0.3, 0.4) is 0 Å². The summed E-state index contributed by atoms with van der Waals surface area (Å²) < 4.78 is 10.8. The fourth-order valence-electron chi connectivity index (χ4n) is 2.39. The minimum Gasteiger partial charge on any atom is -0.490 e. The molecule has 1 saturated heterocycles. The van der Waals surface area contributed by atoms with E-state index in [1.54, 1.807) is 24.3 Å². The quantitative estimate of drug-likeness (QED) is 0.694. The van der Waals surface area contributed by atoms with Gasteiger partial charge in [0.25, 0.3) is 5.91 Å². The standard InChI is InChI=1S/C20H18N2O5S/c1-2-26-16-10-13(8-9-15(16)27-12-18(23)24)11-17-19(25)22-20(28-17)21-14-6-4-3-5-7-14/h3-11H,2,12H2,1H3,(H,23,24)(H,21,22,25)/b17-11-. The molecule has 0 radical (unpaired) electrons. The minimum atomic E-state index is -1.07. The first-order chi connectivity index (χ1) is 13.5. The third-order valence-corrected chi connectivity index (χ3v) is 4.46. The van der Waals surface area contributed by atoms with Crippen LogP contribution >= 0.6 is 11.8 Å². The highest BCUT2D eigenvalue weighted by Gasteiger charge is 2.24. The SMILES string of the molecule is CCOc1cc(/C=C2\SC(=Nc3ccccc3)NC2=O)ccc1OCC(=O)O. The third kappa shape index (κ3) is 5.14. The van der Waals surface area contributed by atoms with Gasteiger partial charge in [-0.25, -0.2) is 9.79 Å². The number of nitrogens with one attached hydrogen (secondary N) is 1. The Morgan fingerprint density at radius 2 is 1.96 bits per heavy atom. The first-order valence-corrected chi connectivity index (χ1v) is 9.33. The Kier molecular flexibility index (Phi) is 6.33. The third-order valence-electron chi connectivity index (χ3n) is 3.55. The molecule has 0 saturated carbocycles. The summed E-state index contributed by atoms with van der Waals surface area (Å²) >= 11 is 1.25. The van der Waals surface area contributed by atoms with Crippen molar-refractivity contribution >= 4 is 40.6 Å². The van der Waals surface area contributed by atoms with E-state index in [4.69, 9.17) is 14.6 Å². The molecule has 1 aliphatic rings. The lowest BCUT2D eigenvalue weighted by Gasteiger charge is -2.11. The van der Waals surface area contributed by atoms with Crippen molar-refractivity contribution in [1.29, 1.82) is 0 Å². The number of amides is 1. The number of carbonyl (C=O) groups is 2. The molecule has 1 fully saturated rings. The number of amidine groups is 1. The average Bonchev–Trinajstić information content (AvgIpc) is 3.01. The van der Waals surface area contributed by atoms with Gasteiger partial charge in [-0.2, -0.15) is 0 Å². The molecule has 1 heterocycles. The number of rotatable bonds is 7. The molecule has 1 amide bonds. The highest BCUT2D eigenvalue weighted by Crippen LogP contribution is 2.32. The summed E-state index contributed by atoms with van der Waals surface area (Å²) in [7, 11) is 0. The van der Waals surface area contributed by atoms with E-state index in [-0.39, 0.29) is 5.91 Å². The van der Waals surface area contributed by atoms with E-state index in [0.717, 1.165) is 11.3 Å². The molecule has 2 aromatic carbocycles. The van der Waals surface area contributed by atoms with Gasteiger partial charge in [-0.05, 0) is 54.6 Å². The topological polar surface area (TPSA) is 97.2 Å². The fourth-order valence-corrected chi connectivity index (χ4v) is 3.23. The highest BCUT2D eigenvalue weighted by molar-refractivity contribution is 8.18. The van der Waals surface area contributed by atoms with Gasteiger partial charge in [-0.15, -0.1) is 0 Å². The molecule has 7 nitrogen and oxygen atoms in total. The second-order valence-corrected chi connectivity index (χ2v) is 6.67. The zero-order chi connectivity index (χ0) is 19.9. The fraction of sp³-hybridized carbons (Fsp3) is 0.150. The molecular weight excluding hydrogens is 380 g/mol. The van der Waals surface area contributed by atoms with E-state index in [2.05, 4.69) is 10.3 Å². The lowest BCUT2D eigenvalue weighted by Crippen LogP contribution is -2.19. The van der Waals surface area contributed by atoms with Gasteiger partial charge in [0.1, 0.15) is 0 Å². The highest BCUT2D eigenvalue weighted by atomic mass is 32.2. The molecule has 2 aromatic rings. The van der Waals surface area contributed by atoms with Crippen LogP contribution in [0.25, 0.3) is 6.08 Å². The van der Waals surface area contributed by atoms with Crippen LogP contribution in [-0.2, 0) is 9.59 Å². The number of ether oxygens (including phenoxy) is 2. The van der Waals surface area contributed by atoms with Crippen LogP contribution in [0.1, 0.15) is 12.5 Å². The Morgan fingerprint density at radius 3 is 2.68 bits per heavy atom. The number of hydrogen-bond acceptors (Lipinski definition) is 6. The van der Waals surface area contributed by atoms with Crippen LogP contribution in [0, 0.1) is 0 Å². The molecule has 0 unspecified atom stereocenters. The Balaban J connectivity index is 1.80. The number of carboxylic acids is 1. The van der Waals surface area contributed by atoms with Crippen molar-refractivity contribution < 1.29 is 24.2 Å². The number of carboxylic acid groups (broad SMARTS) is 1. The van der Waals surface area contributed by atoms with Crippen LogP contribution in [0.2, 0.25) is 0 Å². The molecular formula is C20H18N2O5S. The number of carbonyl (C=O) groups excluding carboxylic acids is 1. The maximum atomic E-state index is 12.2. The number of hydrogen-bond donors (Lipinski definition) is 2. The Morgan fingerprint density at radius 1 is 1.18 bits per heavy atom. The number of aliphatic imine (C=N–C) groups is 1. The molecule has 0 aromatic heterocycles. The first kappa shape index (κ1) is 19.5. The molecule has 8 heteroatoms. The maximum Gasteiger partial charge on any atom is 0.341 e. The molecule has 0 spiro atoms. The number of nitrogens with zero attached hydrogens (tertiary/aromatic N) is 1. The number of thioether (sulfide) groups is 1. The van der Waals surface area contributed by atoms with Crippen LogP contribution < -0.4 is 14.8 Å². The van der Waals surface area contributed by atoms with Gasteiger partial charge in [0.05, 0.1) is 17.2 Å². The van der Waals surface area contributed by atoms with Crippen molar-refractivity contribution in [3.8, 4) is 11.5 Å². The molecule has 1 aliphatic heterocycles. The Hall–Kier alpha value is -3.26. The lowest BCUT2D eigenvalue weighted by atomic mass is 10.2. The number of para-hydroxylation sites is 1. The van der Waals surface area contributed by atoms with Gasteiger partial charge in [0, 0.05) is 0 Å². The second kappa shape index (κ2) is 9.09. The van der Waals surface area contributed by atoms with Crippen molar-refractivity contribution in [1.82, 2.24) is 5.32 Å². The maximum absolute atomic E-state index is 12.2. The average molecular weight is 398 g/mol. The zero-order valence-electron chi connectivity index (χ0n) is 15.0. The molecule has 144 valence electrons. The van der Waals surface area contributed by atoms with Gasteiger partial charge in [-0.1, -0.05) is 24.3 Å². The van der Waals surface area contributed by atoms with Crippen LogP contribution in [0.15, 0.2) is 58.4 Å². The first-order valence-electron chi connectivity index (χ1n) is 8.51. The van der Waals surface area contributed by atoms with Gasteiger partial charge in [0.2, 0.25) is 0 Å². The number of benzene rings is 2. The summed E-state index contributed by atoms with van der Waals surface area (Å²) in [5.41, 5.74) is 1.48. The summed E-state index contributed by atoms with van der Waals surface area (Å²) in [5, 5.41) is 12.0. The monoisotopic (exact) mass is 398 g/mol. The molecule has 0 atom stereocenters. The van der Waals surface area contributed by atoms with Gasteiger partial charge in [0.15, 0.2) is 23.3 Å². The number of aliphatic carboxylic acids is 1. The summed E-state index contributed by atoms with van der Waals surface area (Å²) in [6.07, 6.45) is 1.72. The normalized spacial score (nSPS) is 16.2. The van der Waals surface area contributed by atoms with E-state index in [9.17, 15) is 9.59 Å². The molecule has 3 rings (SSSR count). The van der Waals surface area contributed by atoms with Gasteiger partial charge in [-0.3, -0.25) is 4.79 Å². The molecule has 28 heavy (non-hydrogen) atoms. The van der Waals surface area contributed by atoms with Crippen molar-refractivity contribution in [2.75, 3.05) is 13.2 Å². The van der Waals surface area contributed by atoms with E-state index in [1.165, 1.54) is 11.8 Å². The largest absolute Gasteiger partial charge is 0.490 e. The zero-order valence-corrected chi connectivity index (χ0v) is 15.9. The predicted molar refractivity (Wildman–Crippen MR) is 108 cm³/mol. The summed E-state index contributed by atoms with van der Waals surface area (Å²) in [4.78, 5) is 27.8. The van der Waals surface area contributed by atoms with E-state index >= 15 is 0 Å². The van der Waals surface area contributed by atoms with Crippen LogP contribution in [0.4, 0.5) is 5.69 Å². The van der Waals surface area contributed by atoms with Crippen LogP contribution in [-0.4, -0.2) is 35.4 Å². The molecule has 2 N–H and O–H groups in total. The Labute approximate surface area is 166 Å².